The molecule has 2 aromatic rings. The Kier molecular flexibility index (Phi) is 5.40. The molecule has 148 valence electrons. The van der Waals surface area contributed by atoms with Crippen molar-refractivity contribution in [3.63, 3.8) is 0 Å². The lowest BCUT2D eigenvalue weighted by Crippen LogP contribution is -2.31. The molecule has 1 fully saturated rings. The second kappa shape index (κ2) is 7.64. The third-order valence-corrected chi connectivity index (χ3v) is 8.04. The molecular formula is C19H28N4O2S2. The highest BCUT2D eigenvalue weighted by Crippen LogP contribution is 2.43. The van der Waals surface area contributed by atoms with Gasteiger partial charge in [-0.25, -0.2) is 22.7 Å². The molecular weight excluding hydrogens is 380 g/mol. The lowest BCUT2D eigenvalue weighted by molar-refractivity contribution is 0.428. The van der Waals surface area contributed by atoms with Crippen molar-refractivity contribution < 1.29 is 8.42 Å². The lowest BCUT2D eigenvalue weighted by Gasteiger charge is -2.18. The molecule has 1 N–H and O–H groups in total. The molecule has 6 nitrogen and oxygen atoms in total. The van der Waals surface area contributed by atoms with E-state index in [1.54, 1.807) is 0 Å². The van der Waals surface area contributed by atoms with Crippen LogP contribution in [0.15, 0.2) is 0 Å². The number of anilines is 1. The molecule has 0 aliphatic heterocycles. The Morgan fingerprint density at radius 1 is 1.22 bits per heavy atom. The normalized spacial score (nSPS) is 17.4. The molecule has 8 heteroatoms. The van der Waals surface area contributed by atoms with Crippen LogP contribution in [0.1, 0.15) is 61.2 Å². The predicted octanol–water partition coefficient (Wildman–Crippen LogP) is 3.53. The molecule has 2 aromatic heterocycles. The van der Waals surface area contributed by atoms with Gasteiger partial charge >= 0.3 is 0 Å². The van der Waals surface area contributed by atoms with Crippen molar-refractivity contribution in [2.45, 2.75) is 57.8 Å². The van der Waals surface area contributed by atoms with E-state index in [4.69, 9.17) is 9.97 Å². The molecule has 4 rings (SSSR count). The zero-order chi connectivity index (χ0) is 19.0. The van der Waals surface area contributed by atoms with Gasteiger partial charge in [0.25, 0.3) is 0 Å². The fourth-order valence-electron chi connectivity index (χ4n) is 3.85. The van der Waals surface area contributed by atoms with E-state index < -0.39 is 10.0 Å². The van der Waals surface area contributed by atoms with Crippen LogP contribution in [0.3, 0.4) is 0 Å². The Morgan fingerprint density at radius 3 is 2.70 bits per heavy atom. The molecule has 0 unspecified atom stereocenters. The number of rotatable bonds is 8. The van der Waals surface area contributed by atoms with Crippen LogP contribution >= 0.6 is 11.3 Å². The minimum Gasteiger partial charge on any atom is -0.369 e. The number of thiophene rings is 1. The summed E-state index contributed by atoms with van der Waals surface area (Å²) >= 11 is 1.85. The van der Waals surface area contributed by atoms with Crippen LogP contribution in [0.5, 0.6) is 0 Å². The summed E-state index contributed by atoms with van der Waals surface area (Å²) in [5.74, 6) is 2.47. The summed E-state index contributed by atoms with van der Waals surface area (Å²) in [6, 6.07) is 0. The molecule has 1 saturated carbocycles. The quantitative estimate of drug-likeness (QED) is 0.676. The van der Waals surface area contributed by atoms with Gasteiger partial charge in [-0.2, -0.15) is 0 Å². The van der Waals surface area contributed by atoms with E-state index in [-0.39, 0.29) is 0 Å². The Balaban J connectivity index is 1.54. The summed E-state index contributed by atoms with van der Waals surface area (Å²) in [7, 11) is -3.13. The highest BCUT2D eigenvalue weighted by atomic mass is 32.2. The van der Waals surface area contributed by atoms with E-state index in [1.807, 2.05) is 18.3 Å². The van der Waals surface area contributed by atoms with Crippen molar-refractivity contribution in [3.05, 3.63) is 16.3 Å². The molecule has 0 aromatic carbocycles. The number of nitrogens with one attached hydrogen (secondary N) is 1. The first-order valence-corrected chi connectivity index (χ1v) is 12.6. The van der Waals surface area contributed by atoms with Gasteiger partial charge in [-0.1, -0.05) is 6.92 Å². The highest BCUT2D eigenvalue weighted by Gasteiger charge is 2.29. The smallest absolute Gasteiger partial charge is 0.211 e. The van der Waals surface area contributed by atoms with Gasteiger partial charge < -0.3 is 5.32 Å². The zero-order valence-electron chi connectivity index (χ0n) is 16.1. The molecule has 0 bridgehead atoms. The van der Waals surface area contributed by atoms with E-state index in [0.717, 1.165) is 35.7 Å². The average molecular weight is 409 g/mol. The second-order valence-corrected chi connectivity index (χ2v) is 10.7. The predicted molar refractivity (Wildman–Crippen MR) is 111 cm³/mol. The van der Waals surface area contributed by atoms with Gasteiger partial charge in [0.15, 0.2) is 0 Å². The first kappa shape index (κ1) is 19.1. The molecule has 2 aliphatic carbocycles. The number of fused-ring (bicyclic) bond motifs is 3. The average Bonchev–Trinajstić information content (AvgIpc) is 3.40. The van der Waals surface area contributed by atoms with Crippen LogP contribution in [0.2, 0.25) is 0 Å². The number of hydrogen-bond donors (Lipinski definition) is 1. The van der Waals surface area contributed by atoms with E-state index in [2.05, 4.69) is 5.32 Å². The summed E-state index contributed by atoms with van der Waals surface area (Å²) < 4.78 is 25.0. The largest absolute Gasteiger partial charge is 0.369 e. The van der Waals surface area contributed by atoms with Gasteiger partial charge in [0.05, 0.1) is 11.6 Å². The van der Waals surface area contributed by atoms with E-state index >= 15 is 0 Å². The van der Waals surface area contributed by atoms with E-state index in [9.17, 15) is 8.42 Å². The number of nitrogens with zero attached hydrogens (tertiary/aromatic N) is 3. The molecule has 0 radical (unpaired) electrons. The Labute approximate surface area is 165 Å². The van der Waals surface area contributed by atoms with Gasteiger partial charge in [-0.05, 0) is 50.5 Å². The molecule has 0 saturated heterocycles. The molecule has 27 heavy (non-hydrogen) atoms. The van der Waals surface area contributed by atoms with Crippen molar-refractivity contribution >= 4 is 37.4 Å². The topological polar surface area (TPSA) is 75.2 Å². The van der Waals surface area contributed by atoms with Crippen LogP contribution in [0.4, 0.5) is 5.82 Å². The van der Waals surface area contributed by atoms with Crippen molar-refractivity contribution in [1.29, 1.82) is 0 Å². The van der Waals surface area contributed by atoms with Crippen LogP contribution in [-0.4, -0.2) is 48.6 Å². The number of aromatic nitrogens is 2. The van der Waals surface area contributed by atoms with Gasteiger partial charge in [0.2, 0.25) is 10.0 Å². The molecule has 0 atom stereocenters. The fourth-order valence-corrected chi connectivity index (χ4v) is 6.04. The minimum absolute atomic E-state index is 0.514. The minimum atomic E-state index is -3.13. The Morgan fingerprint density at radius 2 is 2.00 bits per heavy atom. The molecule has 0 amide bonds. The van der Waals surface area contributed by atoms with Crippen molar-refractivity contribution in [1.82, 2.24) is 14.3 Å². The van der Waals surface area contributed by atoms with Crippen LogP contribution in [0.25, 0.3) is 10.2 Å². The highest BCUT2D eigenvalue weighted by molar-refractivity contribution is 7.88. The monoisotopic (exact) mass is 408 g/mol. The summed E-state index contributed by atoms with van der Waals surface area (Å²) in [5.41, 5.74) is 1.44. The van der Waals surface area contributed by atoms with E-state index in [1.165, 1.54) is 52.1 Å². The SMILES string of the molecule is CCN(CCCNc1nc(C2CC2)nc2sc3c(c12)CCCC3)S(C)(=O)=O. The second-order valence-electron chi connectivity index (χ2n) is 7.63. The summed E-state index contributed by atoms with van der Waals surface area (Å²) in [5, 5.41) is 4.73. The number of hydrogen-bond acceptors (Lipinski definition) is 6. The molecule has 2 aliphatic rings. The third kappa shape index (κ3) is 4.12. The van der Waals surface area contributed by atoms with Gasteiger partial charge in [-0.15, -0.1) is 11.3 Å². The van der Waals surface area contributed by atoms with E-state index in [0.29, 0.717) is 25.6 Å². The van der Waals surface area contributed by atoms with Crippen molar-refractivity contribution in [2.24, 2.45) is 0 Å². The number of aryl methyl sites for hydroxylation is 2. The first-order chi connectivity index (χ1) is 13.0. The standard InChI is InChI=1S/C19H28N4O2S2/c1-3-23(27(2,24)25)12-6-11-20-18-16-14-7-4-5-8-15(14)26-19(16)22-17(21-18)13-9-10-13/h13H,3-12H2,1-2H3,(H,20,21,22). The maximum absolute atomic E-state index is 11.7. The van der Waals surface area contributed by atoms with Crippen LogP contribution in [-0.2, 0) is 22.9 Å². The van der Waals surface area contributed by atoms with Crippen molar-refractivity contribution in [3.8, 4) is 0 Å². The summed E-state index contributed by atoms with van der Waals surface area (Å²) in [6.45, 7) is 3.64. The summed E-state index contributed by atoms with van der Waals surface area (Å²) in [6.07, 6.45) is 9.20. The maximum atomic E-state index is 11.7. The van der Waals surface area contributed by atoms with Gasteiger partial charge in [0.1, 0.15) is 16.5 Å². The van der Waals surface area contributed by atoms with Gasteiger partial charge in [-0.3, -0.25) is 0 Å². The maximum Gasteiger partial charge on any atom is 0.211 e. The Bertz CT molecular complexity index is 935. The van der Waals surface area contributed by atoms with Crippen LogP contribution in [0, 0.1) is 0 Å². The Hall–Kier alpha value is -1.25. The lowest BCUT2D eigenvalue weighted by atomic mass is 9.97. The van der Waals surface area contributed by atoms with Crippen LogP contribution < -0.4 is 5.32 Å². The van der Waals surface area contributed by atoms with Crippen molar-refractivity contribution in [2.75, 3.05) is 31.2 Å². The molecule has 2 heterocycles. The van der Waals surface area contributed by atoms with Gasteiger partial charge in [0, 0.05) is 30.4 Å². The summed E-state index contributed by atoms with van der Waals surface area (Å²) in [4.78, 5) is 12.4. The fraction of sp³-hybridized carbons (Fsp3) is 0.684. The molecule has 0 spiro atoms. The number of sulfonamides is 1. The zero-order valence-corrected chi connectivity index (χ0v) is 17.8. The first-order valence-electron chi connectivity index (χ1n) is 9.98. The third-order valence-electron chi connectivity index (χ3n) is 5.47.